The predicted octanol–water partition coefficient (Wildman–Crippen LogP) is 4.13. The van der Waals surface area contributed by atoms with E-state index in [1.807, 2.05) is 6.92 Å². The lowest BCUT2D eigenvalue weighted by molar-refractivity contribution is 0.170. The standard InChI is InChI=1S/C17H19F2NO/c1-3-16(20)17(12-5-7-13(18)8-6-12)21-14-9-4-11(2)15(19)10-14/h4-10,16-17H,3,20H2,1-2H3. The summed E-state index contributed by atoms with van der Waals surface area (Å²) in [6.45, 7) is 3.63. The fourth-order valence-corrected chi connectivity index (χ4v) is 2.06. The van der Waals surface area contributed by atoms with Crippen molar-refractivity contribution in [2.24, 2.45) is 5.73 Å². The molecule has 2 aromatic carbocycles. The molecule has 0 aliphatic rings. The van der Waals surface area contributed by atoms with Crippen molar-refractivity contribution >= 4 is 0 Å². The third-order valence-electron chi connectivity index (χ3n) is 3.47. The number of rotatable bonds is 5. The Labute approximate surface area is 123 Å². The van der Waals surface area contributed by atoms with Gasteiger partial charge in [-0.1, -0.05) is 25.1 Å². The molecule has 0 radical (unpaired) electrons. The lowest BCUT2D eigenvalue weighted by Crippen LogP contribution is -2.31. The molecule has 2 nitrogen and oxygen atoms in total. The molecule has 0 aromatic heterocycles. The third-order valence-corrected chi connectivity index (χ3v) is 3.47. The summed E-state index contributed by atoms with van der Waals surface area (Å²) < 4.78 is 32.5. The minimum atomic E-state index is -0.447. The lowest BCUT2D eigenvalue weighted by atomic mass is 10.0. The van der Waals surface area contributed by atoms with Crippen LogP contribution in [0.2, 0.25) is 0 Å². The van der Waals surface area contributed by atoms with Gasteiger partial charge < -0.3 is 10.5 Å². The number of hydrogen-bond acceptors (Lipinski definition) is 2. The van der Waals surface area contributed by atoms with Gasteiger partial charge in [0.05, 0.1) is 0 Å². The highest BCUT2D eigenvalue weighted by Gasteiger charge is 2.21. The van der Waals surface area contributed by atoms with Gasteiger partial charge in [-0.25, -0.2) is 8.78 Å². The van der Waals surface area contributed by atoms with Crippen molar-refractivity contribution < 1.29 is 13.5 Å². The molecule has 0 fully saturated rings. The van der Waals surface area contributed by atoms with Gasteiger partial charge in [0.25, 0.3) is 0 Å². The van der Waals surface area contributed by atoms with E-state index in [2.05, 4.69) is 0 Å². The number of hydrogen-bond donors (Lipinski definition) is 1. The molecule has 2 atom stereocenters. The van der Waals surface area contributed by atoms with E-state index in [0.717, 1.165) is 5.56 Å². The van der Waals surface area contributed by atoms with Crippen LogP contribution in [-0.4, -0.2) is 6.04 Å². The first kappa shape index (κ1) is 15.4. The molecular formula is C17H19F2NO. The van der Waals surface area contributed by atoms with Crippen molar-refractivity contribution in [2.45, 2.75) is 32.4 Å². The maximum atomic E-state index is 13.6. The van der Waals surface area contributed by atoms with Gasteiger partial charge in [-0.2, -0.15) is 0 Å². The Kier molecular flexibility index (Phi) is 4.91. The summed E-state index contributed by atoms with van der Waals surface area (Å²) >= 11 is 0. The van der Waals surface area contributed by atoms with Crippen LogP contribution < -0.4 is 10.5 Å². The van der Waals surface area contributed by atoms with Gasteiger partial charge in [-0.05, 0) is 42.7 Å². The van der Waals surface area contributed by atoms with Gasteiger partial charge >= 0.3 is 0 Å². The predicted molar refractivity (Wildman–Crippen MR) is 79.2 cm³/mol. The second kappa shape index (κ2) is 6.68. The summed E-state index contributed by atoms with van der Waals surface area (Å²) in [6.07, 6.45) is 0.244. The molecular weight excluding hydrogens is 272 g/mol. The zero-order valence-corrected chi connectivity index (χ0v) is 12.1. The van der Waals surface area contributed by atoms with Crippen LogP contribution in [0.1, 0.15) is 30.6 Å². The smallest absolute Gasteiger partial charge is 0.139 e. The molecule has 0 bridgehead atoms. The minimum Gasteiger partial charge on any atom is -0.484 e. The van der Waals surface area contributed by atoms with Crippen LogP contribution in [-0.2, 0) is 0 Å². The number of benzene rings is 2. The second-order valence-corrected chi connectivity index (χ2v) is 5.07. The van der Waals surface area contributed by atoms with Crippen LogP contribution >= 0.6 is 0 Å². The van der Waals surface area contributed by atoms with Crippen molar-refractivity contribution in [1.82, 2.24) is 0 Å². The first-order valence-electron chi connectivity index (χ1n) is 6.95. The fourth-order valence-electron chi connectivity index (χ4n) is 2.06. The van der Waals surface area contributed by atoms with Crippen LogP contribution in [0.15, 0.2) is 42.5 Å². The Bertz CT molecular complexity index is 598. The first-order valence-corrected chi connectivity index (χ1v) is 6.95. The monoisotopic (exact) mass is 291 g/mol. The zero-order chi connectivity index (χ0) is 15.4. The van der Waals surface area contributed by atoms with Gasteiger partial charge in [0, 0.05) is 12.1 Å². The zero-order valence-electron chi connectivity index (χ0n) is 12.1. The topological polar surface area (TPSA) is 35.2 Å². The van der Waals surface area contributed by atoms with Gasteiger partial charge in [-0.3, -0.25) is 0 Å². The first-order chi connectivity index (χ1) is 10.0. The number of aryl methyl sites for hydroxylation is 1. The third kappa shape index (κ3) is 3.79. The van der Waals surface area contributed by atoms with E-state index < -0.39 is 6.10 Å². The molecule has 2 unspecified atom stereocenters. The number of ether oxygens (including phenoxy) is 1. The van der Waals surface area contributed by atoms with Crippen molar-refractivity contribution in [3.8, 4) is 5.75 Å². The van der Waals surface area contributed by atoms with Crippen molar-refractivity contribution in [3.05, 3.63) is 65.2 Å². The maximum Gasteiger partial charge on any atom is 0.139 e. The summed E-state index contributed by atoms with van der Waals surface area (Å²) in [6, 6.07) is 10.4. The molecule has 21 heavy (non-hydrogen) atoms. The van der Waals surface area contributed by atoms with Crippen LogP contribution in [0.3, 0.4) is 0 Å². The average Bonchev–Trinajstić information content (AvgIpc) is 2.48. The Balaban J connectivity index is 2.28. The van der Waals surface area contributed by atoms with E-state index in [1.165, 1.54) is 18.2 Å². The molecule has 0 aliphatic heterocycles. The van der Waals surface area contributed by atoms with Crippen LogP contribution in [0.5, 0.6) is 5.75 Å². The Morgan fingerprint density at radius 1 is 1.10 bits per heavy atom. The molecule has 2 aromatic rings. The molecule has 2 rings (SSSR count). The highest BCUT2D eigenvalue weighted by Crippen LogP contribution is 2.27. The van der Waals surface area contributed by atoms with Gasteiger partial charge in [0.15, 0.2) is 0 Å². The molecule has 0 amide bonds. The van der Waals surface area contributed by atoms with Crippen molar-refractivity contribution in [1.29, 1.82) is 0 Å². The van der Waals surface area contributed by atoms with E-state index in [1.54, 1.807) is 31.2 Å². The summed E-state index contributed by atoms with van der Waals surface area (Å²) in [7, 11) is 0. The molecule has 0 saturated heterocycles. The van der Waals surface area contributed by atoms with E-state index in [9.17, 15) is 8.78 Å². The quantitative estimate of drug-likeness (QED) is 0.899. The second-order valence-electron chi connectivity index (χ2n) is 5.07. The molecule has 4 heteroatoms. The summed E-state index contributed by atoms with van der Waals surface area (Å²) in [5.41, 5.74) is 7.42. The van der Waals surface area contributed by atoms with Gasteiger partial charge in [-0.15, -0.1) is 0 Å². The normalized spacial score (nSPS) is 13.8. The average molecular weight is 291 g/mol. The van der Waals surface area contributed by atoms with Crippen molar-refractivity contribution in [3.63, 3.8) is 0 Å². The highest BCUT2D eigenvalue weighted by atomic mass is 19.1. The minimum absolute atomic E-state index is 0.264. The van der Waals surface area contributed by atoms with E-state index in [4.69, 9.17) is 10.5 Å². The fraction of sp³-hybridized carbons (Fsp3) is 0.294. The molecule has 2 N–H and O–H groups in total. The lowest BCUT2D eigenvalue weighted by Gasteiger charge is -2.25. The molecule has 112 valence electrons. The van der Waals surface area contributed by atoms with Crippen LogP contribution in [0, 0.1) is 18.6 Å². The highest BCUT2D eigenvalue weighted by molar-refractivity contribution is 5.30. The molecule has 0 spiro atoms. The summed E-state index contributed by atoms with van der Waals surface area (Å²) in [5, 5.41) is 0. The van der Waals surface area contributed by atoms with Crippen LogP contribution in [0.4, 0.5) is 8.78 Å². The molecule has 0 aliphatic carbocycles. The Morgan fingerprint density at radius 3 is 2.33 bits per heavy atom. The maximum absolute atomic E-state index is 13.6. The summed E-state index contributed by atoms with van der Waals surface area (Å²) in [5.74, 6) is -0.226. The van der Waals surface area contributed by atoms with E-state index >= 15 is 0 Å². The SMILES string of the molecule is CCC(N)C(Oc1ccc(C)c(F)c1)c1ccc(F)cc1. The number of nitrogens with two attached hydrogens (primary N) is 1. The van der Waals surface area contributed by atoms with E-state index in [-0.39, 0.29) is 17.7 Å². The Hall–Kier alpha value is -1.94. The number of halogens is 2. The molecule has 0 saturated carbocycles. The van der Waals surface area contributed by atoms with Crippen molar-refractivity contribution in [2.75, 3.05) is 0 Å². The Morgan fingerprint density at radius 2 is 1.76 bits per heavy atom. The summed E-state index contributed by atoms with van der Waals surface area (Å²) in [4.78, 5) is 0. The van der Waals surface area contributed by atoms with Gasteiger partial charge in [0.1, 0.15) is 23.5 Å². The van der Waals surface area contributed by atoms with E-state index in [0.29, 0.717) is 17.7 Å². The van der Waals surface area contributed by atoms with Gasteiger partial charge in [0.2, 0.25) is 0 Å². The molecule has 0 heterocycles. The largest absolute Gasteiger partial charge is 0.484 e. The van der Waals surface area contributed by atoms with Crippen LogP contribution in [0.25, 0.3) is 0 Å².